The molecule has 1 heterocycles. The van der Waals surface area contributed by atoms with Crippen molar-refractivity contribution in [2.24, 2.45) is 16.8 Å². The van der Waals surface area contributed by atoms with Crippen LogP contribution in [0.3, 0.4) is 0 Å². The van der Waals surface area contributed by atoms with Gasteiger partial charge in [0.25, 0.3) is 0 Å². The molecule has 2 unspecified atom stereocenters. The first-order chi connectivity index (χ1) is 12.1. The highest BCUT2D eigenvalue weighted by molar-refractivity contribution is 5.79. The highest BCUT2D eigenvalue weighted by Gasteiger charge is 2.21. The first-order valence-corrected chi connectivity index (χ1v) is 9.63. The van der Waals surface area contributed by atoms with Crippen LogP contribution in [-0.2, 0) is 9.47 Å². The minimum atomic E-state index is -0.475. The molecule has 0 aliphatic carbocycles. The SMILES string of the molecule is CCNC(=NCC(C)CN(C)C(=O)OC(C)(C)C)N(C)CC1CCOC1. The molecule has 7 nitrogen and oxygen atoms in total. The Morgan fingerprint density at radius 3 is 2.58 bits per heavy atom. The molecular formula is C19H38N4O3. The van der Waals surface area contributed by atoms with E-state index >= 15 is 0 Å². The Balaban J connectivity index is 2.52. The van der Waals surface area contributed by atoms with Crippen LogP contribution in [0.15, 0.2) is 4.99 Å². The molecule has 2 atom stereocenters. The van der Waals surface area contributed by atoms with Gasteiger partial charge in [0, 0.05) is 52.8 Å². The average molecular weight is 371 g/mol. The molecule has 1 saturated heterocycles. The number of carbonyl (C=O) groups is 1. The van der Waals surface area contributed by atoms with Crippen molar-refractivity contribution in [2.45, 2.75) is 46.6 Å². The number of hydrogen-bond acceptors (Lipinski definition) is 4. The molecule has 1 amide bonds. The lowest BCUT2D eigenvalue weighted by atomic mass is 10.1. The topological polar surface area (TPSA) is 66.4 Å². The zero-order valence-electron chi connectivity index (χ0n) is 17.7. The van der Waals surface area contributed by atoms with Crippen molar-refractivity contribution in [1.29, 1.82) is 0 Å². The van der Waals surface area contributed by atoms with Gasteiger partial charge in [-0.3, -0.25) is 4.99 Å². The summed E-state index contributed by atoms with van der Waals surface area (Å²) < 4.78 is 10.9. The summed E-state index contributed by atoms with van der Waals surface area (Å²) in [5.74, 6) is 1.72. The van der Waals surface area contributed by atoms with Crippen molar-refractivity contribution in [3.63, 3.8) is 0 Å². The second kappa shape index (κ2) is 10.6. The van der Waals surface area contributed by atoms with E-state index in [1.54, 1.807) is 11.9 Å². The highest BCUT2D eigenvalue weighted by atomic mass is 16.6. The maximum Gasteiger partial charge on any atom is 0.410 e. The number of nitrogens with zero attached hydrogens (tertiary/aromatic N) is 3. The van der Waals surface area contributed by atoms with Gasteiger partial charge in [0.05, 0.1) is 6.61 Å². The molecule has 0 saturated carbocycles. The lowest BCUT2D eigenvalue weighted by Crippen LogP contribution is -2.42. The Kier molecular flexibility index (Phi) is 9.19. The van der Waals surface area contributed by atoms with Gasteiger partial charge in [0.1, 0.15) is 5.60 Å². The number of hydrogen-bond donors (Lipinski definition) is 1. The number of rotatable bonds is 7. The fourth-order valence-corrected chi connectivity index (χ4v) is 2.85. The van der Waals surface area contributed by atoms with Gasteiger partial charge >= 0.3 is 6.09 Å². The highest BCUT2D eigenvalue weighted by Crippen LogP contribution is 2.13. The molecule has 0 spiro atoms. The predicted molar refractivity (Wildman–Crippen MR) is 106 cm³/mol. The van der Waals surface area contributed by atoms with Gasteiger partial charge in [-0.15, -0.1) is 0 Å². The largest absolute Gasteiger partial charge is 0.444 e. The zero-order chi connectivity index (χ0) is 19.7. The third kappa shape index (κ3) is 8.74. The molecule has 1 aliphatic heterocycles. The molecule has 0 aromatic heterocycles. The van der Waals surface area contributed by atoms with E-state index in [1.807, 2.05) is 20.8 Å². The summed E-state index contributed by atoms with van der Waals surface area (Å²) in [6.07, 6.45) is 0.819. The molecule has 26 heavy (non-hydrogen) atoms. The number of ether oxygens (including phenoxy) is 2. The van der Waals surface area contributed by atoms with Crippen molar-refractivity contribution in [3.05, 3.63) is 0 Å². The van der Waals surface area contributed by atoms with E-state index in [-0.39, 0.29) is 12.0 Å². The molecule has 1 fully saturated rings. The summed E-state index contributed by atoms with van der Waals surface area (Å²) in [7, 11) is 3.84. The summed E-state index contributed by atoms with van der Waals surface area (Å²) in [6, 6.07) is 0. The molecule has 0 aromatic carbocycles. The van der Waals surface area contributed by atoms with Crippen molar-refractivity contribution in [3.8, 4) is 0 Å². The monoisotopic (exact) mass is 370 g/mol. The van der Waals surface area contributed by atoms with Gasteiger partial charge < -0.3 is 24.6 Å². The second-order valence-corrected chi connectivity index (χ2v) is 8.27. The third-order valence-corrected chi connectivity index (χ3v) is 4.10. The van der Waals surface area contributed by atoms with E-state index in [2.05, 4.69) is 31.1 Å². The number of guanidine groups is 1. The number of amides is 1. The summed E-state index contributed by atoms with van der Waals surface area (Å²) in [5.41, 5.74) is -0.475. The Bertz CT molecular complexity index is 456. The van der Waals surface area contributed by atoms with Crippen LogP contribution in [0, 0.1) is 11.8 Å². The lowest BCUT2D eigenvalue weighted by Gasteiger charge is -2.27. The average Bonchev–Trinajstić information content (AvgIpc) is 3.02. The molecule has 0 bridgehead atoms. The molecule has 7 heteroatoms. The van der Waals surface area contributed by atoms with Crippen LogP contribution in [0.4, 0.5) is 4.79 Å². The van der Waals surface area contributed by atoms with Gasteiger partial charge in [-0.05, 0) is 40.0 Å². The summed E-state index contributed by atoms with van der Waals surface area (Å²) in [5, 5.41) is 3.35. The van der Waals surface area contributed by atoms with Crippen LogP contribution in [0.5, 0.6) is 0 Å². The van der Waals surface area contributed by atoms with Crippen LogP contribution in [0.2, 0.25) is 0 Å². The molecule has 0 radical (unpaired) electrons. The first-order valence-electron chi connectivity index (χ1n) is 9.63. The van der Waals surface area contributed by atoms with Crippen LogP contribution in [0.1, 0.15) is 41.0 Å². The standard InChI is InChI=1S/C19H38N4O3/c1-8-20-17(22(6)13-16-9-10-25-14-16)21-11-15(2)12-23(7)18(24)26-19(3,4)5/h15-16H,8-14H2,1-7H3,(H,20,21). The minimum absolute atomic E-state index is 0.240. The third-order valence-electron chi connectivity index (χ3n) is 4.10. The minimum Gasteiger partial charge on any atom is -0.444 e. The van der Waals surface area contributed by atoms with E-state index in [1.165, 1.54) is 0 Å². The number of aliphatic imine (C=N–C) groups is 1. The van der Waals surface area contributed by atoms with Gasteiger partial charge in [-0.1, -0.05) is 6.92 Å². The van der Waals surface area contributed by atoms with Crippen LogP contribution in [-0.4, -0.2) is 80.9 Å². The summed E-state index contributed by atoms with van der Waals surface area (Å²) >= 11 is 0. The van der Waals surface area contributed by atoms with Gasteiger partial charge in [-0.2, -0.15) is 0 Å². The van der Waals surface area contributed by atoms with E-state index in [4.69, 9.17) is 14.5 Å². The van der Waals surface area contributed by atoms with Crippen LogP contribution < -0.4 is 5.32 Å². The Labute approximate surface area is 159 Å². The first kappa shape index (κ1) is 22.5. The molecule has 1 aliphatic rings. The number of nitrogens with one attached hydrogen (secondary N) is 1. The summed E-state index contributed by atoms with van der Waals surface area (Å²) in [4.78, 5) is 20.6. The normalized spacial score (nSPS) is 19.2. The second-order valence-electron chi connectivity index (χ2n) is 8.27. The van der Waals surface area contributed by atoms with Gasteiger partial charge in [0.2, 0.25) is 0 Å². The van der Waals surface area contributed by atoms with E-state index in [0.717, 1.165) is 38.7 Å². The van der Waals surface area contributed by atoms with Crippen molar-refractivity contribution in [1.82, 2.24) is 15.1 Å². The summed E-state index contributed by atoms with van der Waals surface area (Å²) in [6.45, 7) is 14.5. The molecule has 1 rings (SSSR count). The van der Waals surface area contributed by atoms with Crippen LogP contribution in [0.25, 0.3) is 0 Å². The number of carbonyl (C=O) groups excluding carboxylic acids is 1. The van der Waals surface area contributed by atoms with Crippen molar-refractivity contribution in [2.75, 3.05) is 53.5 Å². The van der Waals surface area contributed by atoms with Crippen LogP contribution >= 0.6 is 0 Å². The fraction of sp³-hybridized carbons (Fsp3) is 0.895. The zero-order valence-corrected chi connectivity index (χ0v) is 17.7. The van der Waals surface area contributed by atoms with Crippen molar-refractivity contribution < 1.29 is 14.3 Å². The quantitative estimate of drug-likeness (QED) is 0.551. The van der Waals surface area contributed by atoms with Crippen molar-refractivity contribution >= 4 is 12.1 Å². The molecule has 1 N–H and O–H groups in total. The maximum absolute atomic E-state index is 12.1. The predicted octanol–water partition coefficient (Wildman–Crippen LogP) is 2.42. The lowest BCUT2D eigenvalue weighted by molar-refractivity contribution is 0.0279. The van der Waals surface area contributed by atoms with Gasteiger partial charge in [-0.25, -0.2) is 4.79 Å². The van der Waals surface area contributed by atoms with Gasteiger partial charge in [0.15, 0.2) is 5.96 Å². The van der Waals surface area contributed by atoms with E-state index < -0.39 is 5.60 Å². The molecule has 0 aromatic rings. The molecule has 152 valence electrons. The smallest absolute Gasteiger partial charge is 0.410 e. The Morgan fingerprint density at radius 1 is 1.35 bits per heavy atom. The maximum atomic E-state index is 12.1. The molecular weight excluding hydrogens is 332 g/mol. The van der Waals surface area contributed by atoms with E-state index in [0.29, 0.717) is 19.0 Å². The Hall–Kier alpha value is -1.50. The van der Waals surface area contributed by atoms with E-state index in [9.17, 15) is 4.79 Å². The Morgan fingerprint density at radius 2 is 2.04 bits per heavy atom. The fourth-order valence-electron chi connectivity index (χ4n) is 2.85.